The van der Waals surface area contributed by atoms with E-state index in [-0.39, 0.29) is 5.76 Å². The first-order valence-electron chi connectivity index (χ1n) is 7.44. The standard InChI is InChI=1S/C15H24N2O4/c1-19-15(18)14-4-3-13(21-14)11-17-8-5-12(6-9-17)20-10-2-7-16/h3-4,12H,2,5-11,16H2,1H3. The number of carbonyl (C=O) groups excluding carboxylic acids is 1. The van der Waals surface area contributed by atoms with Crippen molar-refractivity contribution in [3.05, 3.63) is 23.7 Å². The predicted molar refractivity (Wildman–Crippen MR) is 78.0 cm³/mol. The molecule has 0 bridgehead atoms. The summed E-state index contributed by atoms with van der Waals surface area (Å²) in [6.45, 7) is 4.09. The van der Waals surface area contributed by atoms with Gasteiger partial charge in [0.15, 0.2) is 0 Å². The Morgan fingerprint density at radius 3 is 2.86 bits per heavy atom. The molecule has 1 saturated heterocycles. The van der Waals surface area contributed by atoms with Gasteiger partial charge in [0.25, 0.3) is 0 Å². The zero-order chi connectivity index (χ0) is 15.1. The van der Waals surface area contributed by atoms with E-state index >= 15 is 0 Å². The number of rotatable bonds is 7. The van der Waals surface area contributed by atoms with Crippen molar-refractivity contribution in [2.24, 2.45) is 5.73 Å². The average Bonchev–Trinajstić information content (AvgIpc) is 2.97. The molecule has 2 N–H and O–H groups in total. The lowest BCUT2D eigenvalue weighted by molar-refractivity contribution is 0.00436. The molecule has 1 fully saturated rings. The summed E-state index contributed by atoms with van der Waals surface area (Å²) >= 11 is 0. The summed E-state index contributed by atoms with van der Waals surface area (Å²) in [5.41, 5.74) is 5.45. The van der Waals surface area contributed by atoms with E-state index in [1.165, 1.54) is 7.11 Å². The van der Waals surface area contributed by atoms with Crippen molar-refractivity contribution in [3.8, 4) is 0 Å². The lowest BCUT2D eigenvalue weighted by atomic mass is 10.1. The van der Waals surface area contributed by atoms with Crippen LogP contribution in [-0.4, -0.2) is 50.3 Å². The minimum absolute atomic E-state index is 0.257. The summed E-state index contributed by atoms with van der Waals surface area (Å²) in [6, 6.07) is 3.49. The Labute approximate surface area is 125 Å². The van der Waals surface area contributed by atoms with Crippen molar-refractivity contribution in [3.63, 3.8) is 0 Å². The van der Waals surface area contributed by atoms with Gasteiger partial charge in [-0.25, -0.2) is 4.79 Å². The maximum atomic E-state index is 11.3. The average molecular weight is 296 g/mol. The third-order valence-electron chi connectivity index (χ3n) is 3.66. The van der Waals surface area contributed by atoms with Crippen LogP contribution in [0.15, 0.2) is 16.5 Å². The van der Waals surface area contributed by atoms with Crippen LogP contribution < -0.4 is 5.73 Å². The number of nitrogens with zero attached hydrogens (tertiary/aromatic N) is 1. The van der Waals surface area contributed by atoms with Crippen LogP contribution in [0.1, 0.15) is 35.6 Å². The number of piperidine rings is 1. The van der Waals surface area contributed by atoms with Crippen LogP contribution in [-0.2, 0) is 16.0 Å². The molecule has 21 heavy (non-hydrogen) atoms. The highest BCUT2D eigenvalue weighted by atomic mass is 16.5. The Balaban J connectivity index is 1.73. The van der Waals surface area contributed by atoms with Crippen molar-refractivity contribution in [2.45, 2.75) is 31.9 Å². The number of carbonyl (C=O) groups is 1. The van der Waals surface area contributed by atoms with E-state index in [4.69, 9.17) is 14.9 Å². The van der Waals surface area contributed by atoms with E-state index < -0.39 is 5.97 Å². The number of esters is 1. The molecule has 2 heterocycles. The Morgan fingerprint density at radius 1 is 1.43 bits per heavy atom. The predicted octanol–water partition coefficient (Wildman–Crippen LogP) is 1.40. The van der Waals surface area contributed by atoms with Crippen LogP contribution in [0, 0.1) is 0 Å². The quantitative estimate of drug-likeness (QED) is 0.605. The van der Waals surface area contributed by atoms with Gasteiger partial charge in [-0.2, -0.15) is 0 Å². The summed E-state index contributed by atoms with van der Waals surface area (Å²) in [5, 5.41) is 0. The first kappa shape index (κ1) is 16.0. The SMILES string of the molecule is COC(=O)c1ccc(CN2CCC(OCCCN)CC2)o1. The third kappa shape index (κ3) is 4.84. The number of likely N-dealkylation sites (tertiary alicyclic amines) is 1. The van der Waals surface area contributed by atoms with E-state index in [9.17, 15) is 4.79 Å². The Hall–Kier alpha value is -1.37. The van der Waals surface area contributed by atoms with E-state index in [0.29, 0.717) is 19.2 Å². The van der Waals surface area contributed by atoms with Crippen molar-refractivity contribution in [1.82, 2.24) is 4.90 Å². The Kier molecular flexibility index (Phi) is 6.22. The zero-order valence-corrected chi connectivity index (χ0v) is 12.5. The lowest BCUT2D eigenvalue weighted by Gasteiger charge is -2.31. The van der Waals surface area contributed by atoms with Crippen molar-refractivity contribution in [1.29, 1.82) is 0 Å². The number of methoxy groups -OCH3 is 1. The topological polar surface area (TPSA) is 77.9 Å². The third-order valence-corrected chi connectivity index (χ3v) is 3.66. The lowest BCUT2D eigenvalue weighted by Crippen LogP contribution is -2.36. The van der Waals surface area contributed by atoms with Gasteiger partial charge in [-0.05, 0) is 37.9 Å². The molecular formula is C15H24N2O4. The highest BCUT2D eigenvalue weighted by Crippen LogP contribution is 2.18. The van der Waals surface area contributed by atoms with Crippen LogP contribution in [0.4, 0.5) is 0 Å². The summed E-state index contributed by atoms with van der Waals surface area (Å²) in [7, 11) is 1.35. The highest BCUT2D eigenvalue weighted by Gasteiger charge is 2.21. The van der Waals surface area contributed by atoms with Crippen molar-refractivity contribution >= 4 is 5.97 Å². The minimum atomic E-state index is -0.437. The van der Waals surface area contributed by atoms with Gasteiger partial charge in [-0.15, -0.1) is 0 Å². The summed E-state index contributed by atoms with van der Waals surface area (Å²) in [6.07, 6.45) is 3.31. The molecule has 0 amide bonds. The molecular weight excluding hydrogens is 272 g/mol. The van der Waals surface area contributed by atoms with Crippen LogP contribution >= 0.6 is 0 Å². The number of furan rings is 1. The summed E-state index contributed by atoms with van der Waals surface area (Å²) in [4.78, 5) is 13.6. The molecule has 1 aromatic rings. The van der Waals surface area contributed by atoms with Gasteiger partial charge >= 0.3 is 5.97 Å². The molecule has 0 aliphatic carbocycles. The number of hydrogen-bond acceptors (Lipinski definition) is 6. The van der Waals surface area contributed by atoms with Gasteiger partial charge < -0.3 is 19.6 Å². The molecule has 0 unspecified atom stereocenters. The van der Waals surface area contributed by atoms with Crippen molar-refractivity contribution < 1.29 is 18.7 Å². The van der Waals surface area contributed by atoms with Gasteiger partial charge in [0.05, 0.1) is 19.8 Å². The van der Waals surface area contributed by atoms with Gasteiger partial charge in [-0.3, -0.25) is 4.90 Å². The maximum Gasteiger partial charge on any atom is 0.373 e. The van der Waals surface area contributed by atoms with Crippen LogP contribution in [0.5, 0.6) is 0 Å². The maximum absolute atomic E-state index is 11.3. The normalized spacial score (nSPS) is 17.0. The Morgan fingerprint density at radius 2 is 2.19 bits per heavy atom. The molecule has 1 aliphatic heterocycles. The summed E-state index contributed by atoms with van der Waals surface area (Å²) in [5.74, 6) is 0.610. The molecule has 118 valence electrons. The first-order chi connectivity index (χ1) is 10.2. The molecule has 0 atom stereocenters. The van der Waals surface area contributed by atoms with E-state index in [0.717, 1.165) is 44.7 Å². The zero-order valence-electron chi connectivity index (χ0n) is 12.5. The van der Waals surface area contributed by atoms with Crippen LogP contribution in [0.3, 0.4) is 0 Å². The van der Waals surface area contributed by atoms with E-state index in [2.05, 4.69) is 9.64 Å². The van der Waals surface area contributed by atoms with Crippen molar-refractivity contribution in [2.75, 3.05) is 33.4 Å². The minimum Gasteiger partial charge on any atom is -0.463 e. The van der Waals surface area contributed by atoms with Crippen LogP contribution in [0.2, 0.25) is 0 Å². The molecule has 6 heteroatoms. The molecule has 0 aromatic carbocycles. The largest absolute Gasteiger partial charge is 0.463 e. The smallest absolute Gasteiger partial charge is 0.373 e. The molecule has 6 nitrogen and oxygen atoms in total. The summed E-state index contributed by atoms with van der Waals surface area (Å²) < 4.78 is 15.9. The fourth-order valence-corrected chi connectivity index (χ4v) is 2.46. The molecule has 0 spiro atoms. The fourth-order valence-electron chi connectivity index (χ4n) is 2.46. The number of ether oxygens (including phenoxy) is 2. The molecule has 0 radical (unpaired) electrons. The Bertz CT molecular complexity index is 439. The highest BCUT2D eigenvalue weighted by molar-refractivity contribution is 5.86. The second-order valence-electron chi connectivity index (χ2n) is 5.25. The van der Waals surface area contributed by atoms with Gasteiger partial charge in [0.1, 0.15) is 5.76 Å². The van der Waals surface area contributed by atoms with Gasteiger partial charge in [0.2, 0.25) is 5.76 Å². The van der Waals surface area contributed by atoms with Crippen LogP contribution in [0.25, 0.3) is 0 Å². The second kappa shape index (κ2) is 8.17. The molecule has 2 rings (SSSR count). The number of nitrogens with two attached hydrogens (primary N) is 1. The van der Waals surface area contributed by atoms with Gasteiger partial charge in [0, 0.05) is 19.7 Å². The van der Waals surface area contributed by atoms with E-state index in [1.807, 2.05) is 6.07 Å². The molecule has 0 saturated carbocycles. The number of hydrogen-bond donors (Lipinski definition) is 1. The monoisotopic (exact) mass is 296 g/mol. The molecule has 1 aliphatic rings. The fraction of sp³-hybridized carbons (Fsp3) is 0.667. The van der Waals surface area contributed by atoms with E-state index in [1.54, 1.807) is 6.07 Å². The van der Waals surface area contributed by atoms with Gasteiger partial charge in [-0.1, -0.05) is 0 Å². The second-order valence-corrected chi connectivity index (χ2v) is 5.25. The first-order valence-corrected chi connectivity index (χ1v) is 7.44. The molecule has 1 aromatic heterocycles.